The topological polar surface area (TPSA) is 71.8 Å². The Labute approximate surface area is 152 Å². The zero-order valence-electron chi connectivity index (χ0n) is 13.8. The fourth-order valence-electron chi connectivity index (χ4n) is 2.81. The molecule has 24 heavy (non-hydrogen) atoms. The fraction of sp³-hybridized carbons (Fsp3) is 0.438. The number of amides is 1. The summed E-state index contributed by atoms with van der Waals surface area (Å²) in [5.41, 5.74) is 2.00. The Balaban J connectivity index is 0.00000208. The average molecular weight is 368 g/mol. The predicted molar refractivity (Wildman–Crippen MR) is 99.3 cm³/mol. The van der Waals surface area contributed by atoms with Crippen LogP contribution in [-0.2, 0) is 0 Å². The van der Waals surface area contributed by atoms with Crippen LogP contribution in [0.1, 0.15) is 35.1 Å². The van der Waals surface area contributed by atoms with Crippen LogP contribution in [0.3, 0.4) is 0 Å². The van der Waals surface area contributed by atoms with Crippen LogP contribution >= 0.6 is 24.2 Å². The highest BCUT2D eigenvalue weighted by Gasteiger charge is 2.22. The minimum atomic E-state index is -0.209. The minimum absolute atomic E-state index is 0. The number of rotatable bonds is 4. The second-order valence-corrected chi connectivity index (χ2v) is 6.51. The zero-order valence-corrected chi connectivity index (χ0v) is 15.4. The van der Waals surface area contributed by atoms with E-state index < -0.39 is 0 Å². The monoisotopic (exact) mass is 367 g/mol. The molecule has 0 aliphatic carbocycles. The van der Waals surface area contributed by atoms with E-state index >= 15 is 0 Å². The summed E-state index contributed by atoms with van der Waals surface area (Å²) in [7, 11) is 0. The van der Waals surface area contributed by atoms with Crippen LogP contribution in [0.4, 0.5) is 5.69 Å². The molecule has 1 aliphatic heterocycles. The SMILES string of the molecule is CSc1ccc(NC(=O)c2nnn(C3CCNCC3)c2C)cc1.Cl. The van der Waals surface area contributed by atoms with Crippen LogP contribution < -0.4 is 10.6 Å². The van der Waals surface area contributed by atoms with Crippen molar-refractivity contribution >= 4 is 35.8 Å². The summed E-state index contributed by atoms with van der Waals surface area (Å²) in [6.45, 7) is 3.87. The molecule has 1 amide bonds. The summed E-state index contributed by atoms with van der Waals surface area (Å²) in [6, 6.07) is 8.09. The van der Waals surface area contributed by atoms with Crippen molar-refractivity contribution in [2.24, 2.45) is 0 Å². The third kappa shape index (κ3) is 4.09. The number of nitrogens with one attached hydrogen (secondary N) is 2. The van der Waals surface area contributed by atoms with Crippen molar-refractivity contribution in [3.05, 3.63) is 35.7 Å². The first kappa shape index (κ1) is 18.8. The standard InChI is InChI=1S/C16H21N5OS.ClH/c1-11-15(19-20-21(11)13-7-9-17-10-8-13)16(22)18-12-3-5-14(23-2)6-4-12;/h3-6,13,17H,7-10H2,1-2H3,(H,18,22);1H. The van der Waals surface area contributed by atoms with Crippen LogP contribution in [0.5, 0.6) is 0 Å². The van der Waals surface area contributed by atoms with Crippen molar-refractivity contribution in [1.82, 2.24) is 20.3 Å². The van der Waals surface area contributed by atoms with E-state index in [9.17, 15) is 4.79 Å². The molecule has 0 unspecified atom stereocenters. The molecule has 3 rings (SSSR count). The molecule has 0 spiro atoms. The highest BCUT2D eigenvalue weighted by molar-refractivity contribution is 7.98. The molecule has 1 aromatic carbocycles. The lowest BCUT2D eigenvalue weighted by Crippen LogP contribution is -2.30. The molecule has 2 aromatic rings. The average Bonchev–Trinajstić information content (AvgIpc) is 2.98. The van der Waals surface area contributed by atoms with Crippen LogP contribution in [0, 0.1) is 6.92 Å². The summed E-state index contributed by atoms with van der Waals surface area (Å²) >= 11 is 1.67. The van der Waals surface area contributed by atoms with Gasteiger partial charge in [0, 0.05) is 10.6 Å². The van der Waals surface area contributed by atoms with E-state index in [1.807, 2.05) is 42.1 Å². The summed E-state index contributed by atoms with van der Waals surface area (Å²) in [5.74, 6) is -0.209. The van der Waals surface area contributed by atoms with E-state index in [1.54, 1.807) is 11.8 Å². The molecule has 1 aliphatic rings. The first-order valence-corrected chi connectivity index (χ1v) is 8.99. The van der Waals surface area contributed by atoms with Crippen LogP contribution in [0.15, 0.2) is 29.2 Å². The highest BCUT2D eigenvalue weighted by Crippen LogP contribution is 2.21. The Morgan fingerprint density at radius 1 is 1.29 bits per heavy atom. The van der Waals surface area contributed by atoms with E-state index in [4.69, 9.17) is 0 Å². The van der Waals surface area contributed by atoms with Crippen molar-refractivity contribution in [1.29, 1.82) is 0 Å². The Bertz CT molecular complexity index is 682. The smallest absolute Gasteiger partial charge is 0.278 e. The molecule has 1 aromatic heterocycles. The van der Waals surface area contributed by atoms with Gasteiger partial charge in [-0.05, 0) is 63.4 Å². The number of hydrogen-bond donors (Lipinski definition) is 2. The van der Waals surface area contributed by atoms with Gasteiger partial charge in [0.2, 0.25) is 0 Å². The number of nitrogens with zero attached hydrogens (tertiary/aromatic N) is 3. The summed E-state index contributed by atoms with van der Waals surface area (Å²) in [5, 5.41) is 14.5. The van der Waals surface area contributed by atoms with Gasteiger partial charge in [-0.25, -0.2) is 4.68 Å². The predicted octanol–water partition coefficient (Wildman–Crippen LogP) is 2.91. The molecule has 130 valence electrons. The van der Waals surface area contributed by atoms with Gasteiger partial charge in [-0.3, -0.25) is 4.79 Å². The third-order valence-corrected chi connectivity index (χ3v) is 4.89. The number of halogens is 1. The lowest BCUT2D eigenvalue weighted by Gasteiger charge is -2.23. The van der Waals surface area contributed by atoms with Gasteiger partial charge in [0.05, 0.1) is 11.7 Å². The number of thioether (sulfide) groups is 1. The number of aromatic nitrogens is 3. The maximum absolute atomic E-state index is 12.4. The van der Waals surface area contributed by atoms with E-state index in [0.717, 1.165) is 42.2 Å². The van der Waals surface area contributed by atoms with Gasteiger partial charge in [-0.15, -0.1) is 29.3 Å². The molecule has 8 heteroatoms. The fourth-order valence-corrected chi connectivity index (χ4v) is 3.22. The first-order chi connectivity index (χ1) is 11.2. The molecule has 0 bridgehead atoms. The Morgan fingerprint density at radius 3 is 2.58 bits per heavy atom. The number of carbonyl (C=O) groups is 1. The maximum Gasteiger partial charge on any atom is 0.278 e. The van der Waals surface area contributed by atoms with E-state index in [-0.39, 0.29) is 18.3 Å². The second-order valence-electron chi connectivity index (χ2n) is 5.63. The van der Waals surface area contributed by atoms with Gasteiger partial charge < -0.3 is 10.6 Å². The van der Waals surface area contributed by atoms with Crippen molar-refractivity contribution in [3.8, 4) is 0 Å². The van der Waals surface area contributed by atoms with Gasteiger partial charge in [-0.2, -0.15) is 0 Å². The normalized spacial score (nSPS) is 14.9. The van der Waals surface area contributed by atoms with Crippen molar-refractivity contribution in [2.75, 3.05) is 24.7 Å². The maximum atomic E-state index is 12.4. The Kier molecular flexibility index (Phi) is 6.65. The lowest BCUT2D eigenvalue weighted by atomic mass is 10.1. The largest absolute Gasteiger partial charge is 0.321 e. The van der Waals surface area contributed by atoms with Crippen LogP contribution in [-0.4, -0.2) is 40.2 Å². The first-order valence-electron chi connectivity index (χ1n) is 7.77. The molecule has 2 heterocycles. The molecule has 0 saturated carbocycles. The molecule has 2 N–H and O–H groups in total. The zero-order chi connectivity index (χ0) is 16.2. The molecular formula is C16H22ClN5OS. The number of anilines is 1. The van der Waals surface area contributed by atoms with E-state index in [2.05, 4.69) is 20.9 Å². The number of carbonyl (C=O) groups excluding carboxylic acids is 1. The number of piperidine rings is 1. The Hall–Kier alpha value is -1.57. The minimum Gasteiger partial charge on any atom is -0.321 e. The van der Waals surface area contributed by atoms with Crippen molar-refractivity contribution in [2.45, 2.75) is 30.7 Å². The summed E-state index contributed by atoms with van der Waals surface area (Å²) in [4.78, 5) is 13.6. The summed E-state index contributed by atoms with van der Waals surface area (Å²) in [6.07, 6.45) is 4.05. The lowest BCUT2D eigenvalue weighted by molar-refractivity contribution is 0.102. The highest BCUT2D eigenvalue weighted by atomic mass is 35.5. The molecule has 6 nitrogen and oxygen atoms in total. The number of hydrogen-bond acceptors (Lipinski definition) is 5. The summed E-state index contributed by atoms with van der Waals surface area (Å²) < 4.78 is 1.90. The molecule has 1 fully saturated rings. The van der Waals surface area contributed by atoms with E-state index in [0.29, 0.717) is 11.7 Å². The third-order valence-electron chi connectivity index (χ3n) is 4.14. The quantitative estimate of drug-likeness (QED) is 0.813. The van der Waals surface area contributed by atoms with Gasteiger partial charge in [-0.1, -0.05) is 5.21 Å². The van der Waals surface area contributed by atoms with Gasteiger partial charge >= 0.3 is 0 Å². The Morgan fingerprint density at radius 2 is 1.96 bits per heavy atom. The van der Waals surface area contributed by atoms with E-state index in [1.165, 1.54) is 0 Å². The molecular weight excluding hydrogens is 346 g/mol. The van der Waals surface area contributed by atoms with Crippen LogP contribution in [0.2, 0.25) is 0 Å². The van der Waals surface area contributed by atoms with Crippen molar-refractivity contribution < 1.29 is 4.79 Å². The molecule has 1 saturated heterocycles. The van der Waals surface area contributed by atoms with Crippen molar-refractivity contribution in [3.63, 3.8) is 0 Å². The van der Waals surface area contributed by atoms with Gasteiger partial charge in [0.1, 0.15) is 0 Å². The van der Waals surface area contributed by atoms with Gasteiger partial charge in [0.25, 0.3) is 5.91 Å². The molecule has 0 atom stereocenters. The van der Waals surface area contributed by atoms with Crippen LogP contribution in [0.25, 0.3) is 0 Å². The molecule has 0 radical (unpaired) electrons. The second kappa shape index (κ2) is 8.50. The number of benzene rings is 1. The van der Waals surface area contributed by atoms with Gasteiger partial charge in [0.15, 0.2) is 5.69 Å².